The smallest absolute Gasteiger partial charge is 0.143 e. The molecule has 3 aromatic rings. The van der Waals surface area contributed by atoms with E-state index in [9.17, 15) is 0 Å². The lowest BCUT2D eigenvalue weighted by atomic mass is 10.1. The summed E-state index contributed by atoms with van der Waals surface area (Å²) in [6, 6.07) is 8.27. The molecule has 3 aromatic heterocycles. The molecule has 0 saturated carbocycles. The molecule has 6 nitrogen and oxygen atoms in total. The van der Waals surface area contributed by atoms with Crippen molar-refractivity contribution >= 4 is 23.1 Å². The van der Waals surface area contributed by atoms with E-state index in [2.05, 4.69) is 15.6 Å². The Morgan fingerprint density at radius 2 is 2.26 bits per heavy atom. The molecule has 4 heterocycles. The first-order chi connectivity index (χ1) is 13.1. The van der Waals surface area contributed by atoms with Crippen molar-refractivity contribution in [2.24, 2.45) is 0 Å². The summed E-state index contributed by atoms with van der Waals surface area (Å²) < 4.78 is 7.70. The molecule has 1 aliphatic heterocycles. The first-order valence-corrected chi connectivity index (χ1v) is 9.76. The van der Waals surface area contributed by atoms with Crippen LogP contribution < -0.4 is 15.4 Å². The average molecular weight is 386 g/mol. The van der Waals surface area contributed by atoms with Gasteiger partial charge in [0.2, 0.25) is 0 Å². The zero-order valence-corrected chi connectivity index (χ0v) is 16.3. The third kappa shape index (κ3) is 4.01. The van der Waals surface area contributed by atoms with E-state index in [1.165, 1.54) is 6.42 Å². The van der Waals surface area contributed by atoms with Crippen LogP contribution in [0.4, 0.5) is 5.82 Å². The van der Waals surface area contributed by atoms with Gasteiger partial charge in [-0.25, -0.2) is 9.97 Å². The second kappa shape index (κ2) is 7.74. The highest BCUT2D eigenvalue weighted by molar-refractivity contribution is 6.32. The number of fused-ring (bicyclic) bond motifs is 1. The molecule has 1 unspecified atom stereocenters. The van der Waals surface area contributed by atoms with Crippen LogP contribution in [0.1, 0.15) is 26.7 Å². The van der Waals surface area contributed by atoms with Gasteiger partial charge in [0.25, 0.3) is 0 Å². The van der Waals surface area contributed by atoms with Gasteiger partial charge in [0, 0.05) is 24.8 Å². The second-order valence-electron chi connectivity index (χ2n) is 7.12. The van der Waals surface area contributed by atoms with Crippen molar-refractivity contribution in [3.8, 4) is 17.1 Å². The number of nitrogens with one attached hydrogen (secondary N) is 2. The van der Waals surface area contributed by atoms with Gasteiger partial charge in [-0.15, -0.1) is 0 Å². The highest BCUT2D eigenvalue weighted by Gasteiger charge is 2.15. The van der Waals surface area contributed by atoms with Gasteiger partial charge < -0.3 is 15.4 Å². The Morgan fingerprint density at radius 3 is 3.04 bits per heavy atom. The molecule has 1 saturated heterocycles. The summed E-state index contributed by atoms with van der Waals surface area (Å²) in [6.45, 7) is 6.01. The number of rotatable bonds is 5. The van der Waals surface area contributed by atoms with Crippen molar-refractivity contribution < 1.29 is 4.74 Å². The van der Waals surface area contributed by atoms with E-state index in [1.807, 2.05) is 54.9 Å². The lowest BCUT2D eigenvalue weighted by Crippen LogP contribution is -2.38. The summed E-state index contributed by atoms with van der Waals surface area (Å²) in [6.07, 6.45) is 6.05. The average Bonchev–Trinajstić information content (AvgIpc) is 3.05. The number of nitrogens with zero attached hydrogens (tertiary/aromatic N) is 3. The minimum Gasteiger partial charge on any atom is -0.489 e. The van der Waals surface area contributed by atoms with Gasteiger partial charge in [0.15, 0.2) is 0 Å². The molecule has 0 radical (unpaired) electrons. The largest absolute Gasteiger partial charge is 0.489 e. The summed E-state index contributed by atoms with van der Waals surface area (Å²) in [5.41, 5.74) is 2.53. The van der Waals surface area contributed by atoms with E-state index in [0.717, 1.165) is 42.4 Å². The van der Waals surface area contributed by atoms with Gasteiger partial charge in [-0.1, -0.05) is 17.7 Å². The van der Waals surface area contributed by atoms with Crippen LogP contribution in [0.5, 0.6) is 5.75 Å². The van der Waals surface area contributed by atoms with Gasteiger partial charge >= 0.3 is 0 Å². The molecule has 0 aromatic carbocycles. The summed E-state index contributed by atoms with van der Waals surface area (Å²) in [4.78, 5) is 9.29. The minimum absolute atomic E-state index is 0.0538. The number of hydrogen-bond donors (Lipinski definition) is 2. The number of piperidine rings is 1. The van der Waals surface area contributed by atoms with E-state index in [1.54, 1.807) is 0 Å². The quantitative estimate of drug-likeness (QED) is 0.695. The molecule has 0 amide bonds. The van der Waals surface area contributed by atoms with E-state index < -0.39 is 0 Å². The van der Waals surface area contributed by atoms with E-state index in [-0.39, 0.29) is 6.10 Å². The Labute approximate surface area is 163 Å². The Kier molecular flexibility index (Phi) is 5.18. The van der Waals surface area contributed by atoms with Crippen molar-refractivity contribution in [3.05, 3.63) is 41.7 Å². The minimum atomic E-state index is 0.0538. The third-order valence-electron chi connectivity index (χ3n) is 4.59. The summed E-state index contributed by atoms with van der Waals surface area (Å²) >= 11 is 6.41. The molecule has 2 N–H and O–H groups in total. The van der Waals surface area contributed by atoms with Crippen LogP contribution >= 0.6 is 11.6 Å². The molecule has 1 aliphatic rings. The van der Waals surface area contributed by atoms with E-state index in [4.69, 9.17) is 21.3 Å². The normalized spacial score (nSPS) is 17.4. The Balaban J connectivity index is 1.64. The lowest BCUT2D eigenvalue weighted by molar-refractivity contribution is 0.242. The first-order valence-electron chi connectivity index (χ1n) is 9.38. The van der Waals surface area contributed by atoms with Crippen LogP contribution in [0.15, 0.2) is 36.7 Å². The lowest BCUT2D eigenvalue weighted by Gasteiger charge is -2.24. The van der Waals surface area contributed by atoms with Crippen LogP contribution in [-0.4, -0.2) is 39.6 Å². The molecule has 0 spiro atoms. The van der Waals surface area contributed by atoms with Crippen LogP contribution in [0, 0.1) is 0 Å². The van der Waals surface area contributed by atoms with Gasteiger partial charge in [-0.2, -0.15) is 0 Å². The molecule has 7 heteroatoms. The van der Waals surface area contributed by atoms with Crippen molar-refractivity contribution in [2.75, 3.05) is 18.4 Å². The molecular formula is C20H24ClN5O. The van der Waals surface area contributed by atoms with E-state index >= 15 is 0 Å². The molecule has 1 fully saturated rings. The number of imidazole rings is 1. The molecule has 0 aliphatic carbocycles. The number of ether oxygens (including phenoxy) is 1. The first kappa shape index (κ1) is 18.1. The fourth-order valence-electron chi connectivity index (χ4n) is 3.36. The van der Waals surface area contributed by atoms with Crippen LogP contribution in [0.3, 0.4) is 0 Å². The standard InChI is InChI=1S/C20H24ClN5O/c1-13(2)27-18-9-20-23-11-17(26(20)12-15(18)21)16-6-3-7-19(25-16)24-14-5-4-8-22-10-14/h3,6-7,9,11-14,22H,4-5,8,10H2,1-2H3,(H,24,25). The molecule has 142 valence electrons. The van der Waals surface area contributed by atoms with Gasteiger partial charge in [-0.3, -0.25) is 4.40 Å². The zero-order chi connectivity index (χ0) is 18.8. The van der Waals surface area contributed by atoms with Crippen molar-refractivity contribution in [2.45, 2.75) is 38.8 Å². The summed E-state index contributed by atoms with van der Waals surface area (Å²) in [5, 5.41) is 7.49. The number of halogens is 1. The monoisotopic (exact) mass is 385 g/mol. The zero-order valence-electron chi connectivity index (χ0n) is 15.6. The Hall–Kier alpha value is -2.31. The summed E-state index contributed by atoms with van der Waals surface area (Å²) in [7, 11) is 0. The van der Waals surface area contributed by atoms with Gasteiger partial charge in [0.1, 0.15) is 17.2 Å². The maximum Gasteiger partial charge on any atom is 0.143 e. The molecule has 27 heavy (non-hydrogen) atoms. The molecule has 4 rings (SSSR count). The number of pyridine rings is 2. The van der Waals surface area contributed by atoms with Gasteiger partial charge in [0.05, 0.1) is 28.7 Å². The highest BCUT2D eigenvalue weighted by Crippen LogP contribution is 2.30. The maximum absolute atomic E-state index is 6.41. The van der Waals surface area contributed by atoms with Gasteiger partial charge in [-0.05, 0) is 45.4 Å². The fourth-order valence-corrected chi connectivity index (χ4v) is 3.55. The number of hydrogen-bond acceptors (Lipinski definition) is 5. The third-order valence-corrected chi connectivity index (χ3v) is 4.87. The Bertz CT molecular complexity index is 933. The molecular weight excluding hydrogens is 362 g/mol. The molecule has 1 atom stereocenters. The SMILES string of the molecule is CC(C)Oc1cc2ncc(-c3cccc(NC4CCCNC4)n3)n2cc1Cl. The molecule has 0 bridgehead atoms. The highest BCUT2D eigenvalue weighted by atomic mass is 35.5. The van der Waals surface area contributed by atoms with Crippen LogP contribution in [0.2, 0.25) is 5.02 Å². The topological polar surface area (TPSA) is 63.5 Å². The number of anilines is 1. The predicted octanol–water partition coefficient (Wildman–Crippen LogP) is 4.00. The van der Waals surface area contributed by atoms with Crippen molar-refractivity contribution in [1.29, 1.82) is 0 Å². The maximum atomic E-state index is 6.41. The predicted molar refractivity (Wildman–Crippen MR) is 109 cm³/mol. The number of aromatic nitrogens is 3. The van der Waals surface area contributed by atoms with Crippen molar-refractivity contribution in [1.82, 2.24) is 19.7 Å². The fraction of sp³-hybridized carbons (Fsp3) is 0.400. The van der Waals surface area contributed by atoms with Crippen LogP contribution in [-0.2, 0) is 0 Å². The van der Waals surface area contributed by atoms with Crippen LogP contribution in [0.25, 0.3) is 17.0 Å². The van der Waals surface area contributed by atoms with E-state index in [0.29, 0.717) is 16.8 Å². The second-order valence-corrected chi connectivity index (χ2v) is 7.53. The Morgan fingerprint density at radius 1 is 1.37 bits per heavy atom. The summed E-state index contributed by atoms with van der Waals surface area (Å²) in [5.74, 6) is 1.52. The van der Waals surface area contributed by atoms with Crippen molar-refractivity contribution in [3.63, 3.8) is 0 Å².